The quantitative estimate of drug-likeness (QED) is 0.629. The number of hydrogen-bond acceptors (Lipinski definition) is 4. The number of aliphatic carboxylic acids is 1. The maximum Gasteiger partial charge on any atom is 0.303 e. The smallest absolute Gasteiger partial charge is 0.303 e. The zero-order chi connectivity index (χ0) is 21.3. The standard InChI is InChI=1S/C22H25N3O4S/c1-15-7-8-19-20(11-15)24-21(23-19)12-17-14-25(10-9-16(17)13-22(26)27)30(28,29)18-5-3-2-4-6-18/h2-8,11,16-17H,9-10,12-14H2,1H3,(H,23,24)(H,26,27). The van der Waals surface area contributed by atoms with Crippen molar-refractivity contribution in [2.45, 2.75) is 31.1 Å². The number of aryl methyl sites for hydroxylation is 1. The Hall–Kier alpha value is -2.71. The lowest BCUT2D eigenvalue weighted by Crippen LogP contribution is -2.45. The second kappa shape index (κ2) is 8.20. The van der Waals surface area contributed by atoms with Crippen LogP contribution in [0.25, 0.3) is 11.0 Å². The number of aromatic nitrogens is 2. The van der Waals surface area contributed by atoms with Gasteiger partial charge in [-0.15, -0.1) is 0 Å². The molecule has 0 aliphatic carbocycles. The molecule has 0 radical (unpaired) electrons. The lowest BCUT2D eigenvalue weighted by atomic mass is 9.82. The second-order valence-corrected chi connectivity index (χ2v) is 9.93. The van der Waals surface area contributed by atoms with Crippen molar-refractivity contribution in [2.75, 3.05) is 13.1 Å². The Labute approximate surface area is 175 Å². The van der Waals surface area contributed by atoms with Crippen LogP contribution in [0.5, 0.6) is 0 Å². The molecule has 0 spiro atoms. The predicted octanol–water partition coefficient (Wildman–Crippen LogP) is 3.22. The van der Waals surface area contributed by atoms with E-state index in [-0.39, 0.29) is 29.7 Å². The van der Waals surface area contributed by atoms with Gasteiger partial charge in [-0.1, -0.05) is 24.3 Å². The Morgan fingerprint density at radius 1 is 1.20 bits per heavy atom. The monoisotopic (exact) mass is 427 g/mol. The minimum absolute atomic E-state index is 0.0310. The van der Waals surface area contributed by atoms with Crippen LogP contribution in [0.15, 0.2) is 53.4 Å². The highest BCUT2D eigenvalue weighted by Crippen LogP contribution is 2.32. The summed E-state index contributed by atoms with van der Waals surface area (Å²) in [4.78, 5) is 19.6. The molecule has 7 nitrogen and oxygen atoms in total. The fourth-order valence-electron chi connectivity index (χ4n) is 4.25. The molecule has 2 heterocycles. The number of aromatic amines is 1. The molecule has 2 aromatic carbocycles. The SMILES string of the molecule is Cc1ccc2nc(CC3CN(S(=O)(=O)c4ccccc4)CCC3CC(=O)O)[nH]c2c1. The van der Waals surface area contributed by atoms with Gasteiger partial charge in [0.15, 0.2) is 0 Å². The largest absolute Gasteiger partial charge is 0.481 e. The average Bonchev–Trinajstić information content (AvgIpc) is 3.11. The van der Waals surface area contributed by atoms with E-state index in [2.05, 4.69) is 9.97 Å². The maximum absolute atomic E-state index is 13.1. The lowest BCUT2D eigenvalue weighted by molar-refractivity contribution is -0.138. The third-order valence-electron chi connectivity index (χ3n) is 5.81. The van der Waals surface area contributed by atoms with Gasteiger partial charge in [-0.05, 0) is 55.0 Å². The molecule has 4 rings (SSSR count). The van der Waals surface area contributed by atoms with Crippen molar-refractivity contribution < 1.29 is 18.3 Å². The summed E-state index contributed by atoms with van der Waals surface area (Å²) in [6.45, 7) is 2.62. The van der Waals surface area contributed by atoms with Crippen LogP contribution in [0.3, 0.4) is 0 Å². The van der Waals surface area contributed by atoms with Crippen molar-refractivity contribution in [3.05, 3.63) is 59.9 Å². The number of piperidine rings is 1. The molecule has 1 fully saturated rings. The van der Waals surface area contributed by atoms with E-state index in [1.165, 1.54) is 4.31 Å². The molecule has 2 N–H and O–H groups in total. The molecule has 2 unspecified atom stereocenters. The fourth-order valence-corrected chi connectivity index (χ4v) is 5.79. The first-order valence-corrected chi connectivity index (χ1v) is 11.5. The fraction of sp³-hybridized carbons (Fsp3) is 0.364. The summed E-state index contributed by atoms with van der Waals surface area (Å²) >= 11 is 0. The van der Waals surface area contributed by atoms with Gasteiger partial charge in [0.25, 0.3) is 0 Å². The summed E-state index contributed by atoms with van der Waals surface area (Å²) in [6.07, 6.45) is 1.05. The van der Waals surface area contributed by atoms with Crippen molar-refractivity contribution in [1.29, 1.82) is 0 Å². The van der Waals surface area contributed by atoms with E-state index >= 15 is 0 Å². The minimum Gasteiger partial charge on any atom is -0.481 e. The van der Waals surface area contributed by atoms with Gasteiger partial charge in [0.1, 0.15) is 5.82 Å². The number of imidazole rings is 1. The Kier molecular flexibility index (Phi) is 5.62. The van der Waals surface area contributed by atoms with Gasteiger partial charge < -0.3 is 10.1 Å². The summed E-state index contributed by atoms with van der Waals surface area (Å²) < 4.78 is 27.6. The molecule has 1 saturated heterocycles. The molecule has 0 bridgehead atoms. The third-order valence-corrected chi connectivity index (χ3v) is 7.69. The number of fused-ring (bicyclic) bond motifs is 1. The number of rotatable bonds is 6. The highest BCUT2D eigenvalue weighted by molar-refractivity contribution is 7.89. The van der Waals surface area contributed by atoms with Crippen LogP contribution in [-0.2, 0) is 21.2 Å². The van der Waals surface area contributed by atoms with Crippen molar-refractivity contribution in [1.82, 2.24) is 14.3 Å². The molecule has 8 heteroatoms. The van der Waals surface area contributed by atoms with E-state index in [1.54, 1.807) is 30.3 Å². The molecular weight excluding hydrogens is 402 g/mol. The van der Waals surface area contributed by atoms with E-state index < -0.39 is 16.0 Å². The number of benzene rings is 2. The summed E-state index contributed by atoms with van der Waals surface area (Å²) in [5, 5.41) is 9.34. The van der Waals surface area contributed by atoms with Crippen molar-refractivity contribution in [3.8, 4) is 0 Å². The maximum atomic E-state index is 13.1. The highest BCUT2D eigenvalue weighted by atomic mass is 32.2. The van der Waals surface area contributed by atoms with Gasteiger partial charge in [-0.25, -0.2) is 13.4 Å². The number of sulfonamides is 1. The first-order valence-electron chi connectivity index (χ1n) is 10.0. The number of carbonyl (C=O) groups is 1. The lowest BCUT2D eigenvalue weighted by Gasteiger charge is -2.37. The highest BCUT2D eigenvalue weighted by Gasteiger charge is 2.36. The minimum atomic E-state index is -3.61. The van der Waals surface area contributed by atoms with Gasteiger partial charge in [0, 0.05) is 25.9 Å². The Morgan fingerprint density at radius 2 is 1.97 bits per heavy atom. The second-order valence-electron chi connectivity index (χ2n) is 7.99. The Bertz CT molecular complexity index is 1160. The average molecular weight is 428 g/mol. The van der Waals surface area contributed by atoms with Crippen LogP contribution >= 0.6 is 0 Å². The van der Waals surface area contributed by atoms with Crippen LogP contribution in [0.2, 0.25) is 0 Å². The van der Waals surface area contributed by atoms with Crippen LogP contribution in [0, 0.1) is 18.8 Å². The van der Waals surface area contributed by atoms with Gasteiger partial charge >= 0.3 is 5.97 Å². The van der Waals surface area contributed by atoms with Crippen LogP contribution < -0.4 is 0 Å². The van der Waals surface area contributed by atoms with Gasteiger partial charge in [0.05, 0.1) is 15.9 Å². The number of H-pyrrole nitrogens is 1. The molecule has 0 saturated carbocycles. The molecule has 1 aromatic heterocycles. The van der Waals surface area contributed by atoms with E-state index in [9.17, 15) is 18.3 Å². The third kappa shape index (κ3) is 4.24. The summed E-state index contributed by atoms with van der Waals surface area (Å²) in [5.41, 5.74) is 2.92. The van der Waals surface area contributed by atoms with Crippen LogP contribution in [-0.4, -0.2) is 46.9 Å². The number of carboxylic acid groups (broad SMARTS) is 1. The van der Waals surface area contributed by atoms with Crippen molar-refractivity contribution in [2.24, 2.45) is 11.8 Å². The molecule has 1 aliphatic rings. The molecule has 30 heavy (non-hydrogen) atoms. The first-order chi connectivity index (χ1) is 14.3. The molecule has 158 valence electrons. The molecule has 0 amide bonds. The Balaban J connectivity index is 1.60. The van der Waals surface area contributed by atoms with E-state index in [0.29, 0.717) is 19.4 Å². The summed E-state index contributed by atoms with van der Waals surface area (Å²) in [5.74, 6) is -0.325. The summed E-state index contributed by atoms with van der Waals surface area (Å²) in [7, 11) is -3.61. The predicted molar refractivity (Wildman–Crippen MR) is 114 cm³/mol. The molecule has 1 aliphatic heterocycles. The van der Waals surface area contributed by atoms with Gasteiger partial charge in [-0.3, -0.25) is 4.79 Å². The van der Waals surface area contributed by atoms with Crippen LogP contribution in [0.1, 0.15) is 24.2 Å². The van der Waals surface area contributed by atoms with Gasteiger partial charge in [-0.2, -0.15) is 4.31 Å². The first kappa shape index (κ1) is 20.6. The van der Waals surface area contributed by atoms with Crippen LogP contribution in [0.4, 0.5) is 0 Å². The number of carboxylic acids is 1. The van der Waals surface area contributed by atoms with E-state index in [0.717, 1.165) is 22.4 Å². The molecule has 3 aromatic rings. The zero-order valence-corrected chi connectivity index (χ0v) is 17.6. The molecular formula is C22H25N3O4S. The Morgan fingerprint density at radius 3 is 2.70 bits per heavy atom. The van der Waals surface area contributed by atoms with Gasteiger partial charge in [0.2, 0.25) is 10.0 Å². The van der Waals surface area contributed by atoms with Crippen molar-refractivity contribution >= 4 is 27.0 Å². The topological polar surface area (TPSA) is 103 Å². The zero-order valence-electron chi connectivity index (χ0n) is 16.8. The number of hydrogen-bond donors (Lipinski definition) is 2. The number of nitrogens with zero attached hydrogens (tertiary/aromatic N) is 2. The normalized spacial score (nSPS) is 20.4. The summed E-state index contributed by atoms with van der Waals surface area (Å²) in [6, 6.07) is 14.3. The number of nitrogens with one attached hydrogen (secondary N) is 1. The van der Waals surface area contributed by atoms with Crippen molar-refractivity contribution in [3.63, 3.8) is 0 Å². The van der Waals surface area contributed by atoms with E-state index in [4.69, 9.17) is 0 Å². The van der Waals surface area contributed by atoms with E-state index in [1.807, 2.05) is 25.1 Å². The molecule has 2 atom stereocenters.